The molecule has 76 valence electrons. The highest BCUT2D eigenvalue weighted by molar-refractivity contribution is 9.10. The minimum absolute atomic E-state index is 0.331. The monoisotopic (exact) mass is 278 g/mol. The summed E-state index contributed by atoms with van der Waals surface area (Å²) >= 11 is 4.27. The Hall–Kier alpha value is -0.880. The van der Waals surface area contributed by atoms with Crippen LogP contribution in [0.5, 0.6) is 0 Å². The maximum atomic E-state index is 11.2. The van der Waals surface area contributed by atoms with Gasteiger partial charge in [-0.3, -0.25) is 0 Å². The molecule has 0 saturated heterocycles. The molecule has 1 aromatic rings. The minimum Gasteiger partial charge on any atom is -0.465 e. The normalized spacial score (nSPS) is 9.64. The molecule has 0 radical (unpaired) electrons. The number of thiophene rings is 1. The molecule has 0 atom stereocenters. The summed E-state index contributed by atoms with van der Waals surface area (Å²) in [6.07, 6.45) is 0. The molecular weight excluding hydrogens is 272 g/mol. The first-order valence-corrected chi connectivity index (χ1v) is 5.22. The lowest BCUT2D eigenvalue weighted by atomic mass is 10.3. The Morgan fingerprint density at radius 1 is 1.29 bits per heavy atom. The third kappa shape index (κ3) is 1.96. The van der Waals surface area contributed by atoms with Crippen molar-refractivity contribution < 1.29 is 19.1 Å². The molecule has 0 spiro atoms. The van der Waals surface area contributed by atoms with Crippen molar-refractivity contribution >= 4 is 39.2 Å². The second-order valence-electron chi connectivity index (χ2n) is 2.28. The number of halogens is 1. The van der Waals surface area contributed by atoms with E-state index in [1.807, 2.05) is 0 Å². The van der Waals surface area contributed by atoms with E-state index in [2.05, 4.69) is 25.4 Å². The van der Waals surface area contributed by atoms with Crippen LogP contribution in [0.25, 0.3) is 0 Å². The fraction of sp³-hybridized carbons (Fsp3) is 0.250. The van der Waals surface area contributed by atoms with E-state index < -0.39 is 11.9 Å². The minimum atomic E-state index is -0.483. The average molecular weight is 279 g/mol. The standard InChI is InChI=1S/C8H7BrO4S/c1-12-7(10)4-3-14-6(5(4)9)8(11)13-2/h3H,1-2H3. The van der Waals surface area contributed by atoms with Gasteiger partial charge in [0.05, 0.1) is 24.3 Å². The van der Waals surface area contributed by atoms with Crippen molar-refractivity contribution in [1.29, 1.82) is 0 Å². The molecule has 0 N–H and O–H groups in total. The van der Waals surface area contributed by atoms with E-state index in [4.69, 9.17) is 0 Å². The van der Waals surface area contributed by atoms with E-state index in [0.29, 0.717) is 14.9 Å². The van der Waals surface area contributed by atoms with Crippen LogP contribution in [-0.2, 0) is 9.47 Å². The Labute approximate surface area is 92.9 Å². The lowest BCUT2D eigenvalue weighted by molar-refractivity contribution is 0.0600. The topological polar surface area (TPSA) is 52.6 Å². The van der Waals surface area contributed by atoms with Crippen LogP contribution in [-0.4, -0.2) is 26.2 Å². The SMILES string of the molecule is COC(=O)c1csc(C(=O)OC)c1Br. The number of carbonyl (C=O) groups excluding carboxylic acids is 2. The number of carbonyl (C=O) groups is 2. The Kier molecular flexibility index (Phi) is 3.65. The smallest absolute Gasteiger partial charge is 0.349 e. The van der Waals surface area contributed by atoms with Crippen LogP contribution in [0, 0.1) is 0 Å². The van der Waals surface area contributed by atoms with Gasteiger partial charge in [-0.25, -0.2) is 9.59 Å². The average Bonchev–Trinajstić information content (AvgIpc) is 2.58. The molecule has 14 heavy (non-hydrogen) atoms. The van der Waals surface area contributed by atoms with Gasteiger partial charge < -0.3 is 9.47 Å². The van der Waals surface area contributed by atoms with Crippen molar-refractivity contribution in [2.45, 2.75) is 0 Å². The zero-order valence-corrected chi connectivity index (χ0v) is 9.90. The Morgan fingerprint density at radius 2 is 1.86 bits per heavy atom. The number of rotatable bonds is 2. The van der Waals surface area contributed by atoms with Crippen molar-refractivity contribution in [2.75, 3.05) is 14.2 Å². The first-order chi connectivity index (χ1) is 6.61. The van der Waals surface area contributed by atoms with Gasteiger partial charge in [0.25, 0.3) is 0 Å². The number of esters is 2. The summed E-state index contributed by atoms with van der Waals surface area (Å²) in [5, 5.41) is 1.54. The van der Waals surface area contributed by atoms with Gasteiger partial charge in [-0.1, -0.05) is 0 Å². The van der Waals surface area contributed by atoms with Crippen LogP contribution in [0.1, 0.15) is 20.0 Å². The number of hydrogen-bond donors (Lipinski definition) is 0. The summed E-state index contributed by atoms with van der Waals surface area (Å²) in [5.41, 5.74) is 0.331. The lowest BCUT2D eigenvalue weighted by Crippen LogP contribution is -2.03. The maximum Gasteiger partial charge on any atom is 0.349 e. The fourth-order valence-corrected chi connectivity index (χ4v) is 2.53. The van der Waals surface area contributed by atoms with Gasteiger partial charge in [-0.05, 0) is 15.9 Å². The summed E-state index contributed by atoms with van der Waals surface area (Å²) in [6.45, 7) is 0. The molecule has 0 saturated carbocycles. The molecule has 1 heterocycles. The van der Waals surface area contributed by atoms with Crippen LogP contribution in [0.15, 0.2) is 9.85 Å². The van der Waals surface area contributed by atoms with Gasteiger partial charge in [0.2, 0.25) is 0 Å². The van der Waals surface area contributed by atoms with Gasteiger partial charge in [-0.2, -0.15) is 0 Å². The van der Waals surface area contributed by atoms with E-state index in [-0.39, 0.29) is 0 Å². The molecule has 0 aliphatic rings. The summed E-state index contributed by atoms with van der Waals surface area (Å²) < 4.78 is 9.48. The largest absolute Gasteiger partial charge is 0.465 e. The third-order valence-corrected chi connectivity index (χ3v) is 3.55. The highest BCUT2D eigenvalue weighted by atomic mass is 79.9. The summed E-state index contributed by atoms with van der Waals surface area (Å²) in [6, 6.07) is 0. The first-order valence-electron chi connectivity index (χ1n) is 3.55. The predicted molar refractivity (Wildman–Crippen MR) is 54.7 cm³/mol. The Balaban J connectivity index is 3.08. The van der Waals surface area contributed by atoms with Crippen LogP contribution in [0.4, 0.5) is 0 Å². The molecule has 0 fully saturated rings. The second kappa shape index (κ2) is 4.56. The molecule has 1 aromatic heterocycles. The quantitative estimate of drug-likeness (QED) is 0.778. The van der Waals surface area contributed by atoms with Crippen LogP contribution in [0.3, 0.4) is 0 Å². The van der Waals surface area contributed by atoms with Crippen molar-refractivity contribution in [3.05, 3.63) is 20.3 Å². The van der Waals surface area contributed by atoms with Crippen molar-refractivity contribution in [3.8, 4) is 0 Å². The van der Waals surface area contributed by atoms with E-state index in [9.17, 15) is 9.59 Å². The van der Waals surface area contributed by atoms with Crippen molar-refractivity contribution in [3.63, 3.8) is 0 Å². The zero-order valence-electron chi connectivity index (χ0n) is 7.50. The molecule has 4 nitrogen and oxygen atoms in total. The van der Waals surface area contributed by atoms with Crippen molar-refractivity contribution in [2.24, 2.45) is 0 Å². The molecule has 0 bridgehead atoms. The maximum absolute atomic E-state index is 11.2. The Bertz CT molecular complexity index is 338. The van der Waals surface area contributed by atoms with Crippen LogP contribution >= 0.6 is 27.3 Å². The lowest BCUT2D eigenvalue weighted by Gasteiger charge is -1.97. The molecule has 6 heteroatoms. The van der Waals surface area contributed by atoms with E-state index >= 15 is 0 Å². The van der Waals surface area contributed by atoms with Gasteiger partial charge in [0.15, 0.2) is 0 Å². The molecule has 0 aromatic carbocycles. The van der Waals surface area contributed by atoms with Gasteiger partial charge in [-0.15, -0.1) is 11.3 Å². The summed E-state index contributed by atoms with van der Waals surface area (Å²) in [7, 11) is 2.57. The highest BCUT2D eigenvalue weighted by Crippen LogP contribution is 2.29. The number of hydrogen-bond acceptors (Lipinski definition) is 5. The Morgan fingerprint density at radius 3 is 2.36 bits per heavy atom. The second-order valence-corrected chi connectivity index (χ2v) is 3.95. The molecule has 1 rings (SSSR count). The summed E-state index contributed by atoms with van der Waals surface area (Å²) in [5.74, 6) is -0.958. The fourth-order valence-electron chi connectivity index (χ4n) is 0.822. The molecule has 0 aliphatic heterocycles. The first kappa shape index (κ1) is 11.2. The molecule has 0 unspecified atom stereocenters. The van der Waals surface area contributed by atoms with Gasteiger partial charge in [0.1, 0.15) is 4.88 Å². The van der Waals surface area contributed by atoms with Gasteiger partial charge in [0, 0.05) is 5.38 Å². The molecular formula is C8H7BrO4S. The van der Waals surface area contributed by atoms with E-state index in [1.165, 1.54) is 14.2 Å². The summed E-state index contributed by atoms with van der Waals surface area (Å²) in [4.78, 5) is 22.7. The zero-order chi connectivity index (χ0) is 10.7. The van der Waals surface area contributed by atoms with Crippen LogP contribution < -0.4 is 0 Å². The predicted octanol–water partition coefficient (Wildman–Crippen LogP) is 2.08. The van der Waals surface area contributed by atoms with E-state index in [0.717, 1.165) is 11.3 Å². The number of methoxy groups -OCH3 is 2. The third-order valence-electron chi connectivity index (χ3n) is 1.51. The van der Waals surface area contributed by atoms with E-state index in [1.54, 1.807) is 5.38 Å². The van der Waals surface area contributed by atoms with Crippen LogP contribution in [0.2, 0.25) is 0 Å². The van der Waals surface area contributed by atoms with Gasteiger partial charge >= 0.3 is 11.9 Å². The molecule has 0 amide bonds. The highest BCUT2D eigenvalue weighted by Gasteiger charge is 2.20. The molecule has 0 aliphatic carbocycles. The number of ether oxygens (including phenoxy) is 2. The van der Waals surface area contributed by atoms with Crippen molar-refractivity contribution in [1.82, 2.24) is 0 Å².